The number of piperazine rings is 1. The minimum absolute atomic E-state index is 0.0744. The zero-order chi connectivity index (χ0) is 26.3. The smallest absolute Gasteiger partial charge is 0.257 e. The zero-order valence-electron chi connectivity index (χ0n) is 21.4. The monoisotopic (exact) mass is 529 g/mol. The van der Waals surface area contributed by atoms with Gasteiger partial charge < -0.3 is 14.5 Å². The van der Waals surface area contributed by atoms with Crippen LogP contribution >= 0.6 is 11.6 Å². The highest BCUT2D eigenvalue weighted by atomic mass is 35.5. The van der Waals surface area contributed by atoms with Gasteiger partial charge in [0.15, 0.2) is 0 Å². The summed E-state index contributed by atoms with van der Waals surface area (Å²) in [6.07, 6.45) is 3.93. The van der Waals surface area contributed by atoms with Crippen LogP contribution in [-0.2, 0) is 11.3 Å². The number of amides is 1. The standard InChI is InChI=1S/C30H32ClN5O2/c31-29-27(7-4-12-33-29)30(37)36-17-15-34(16-18-36)21-28(38-22-24-10-8-23(20-32)9-11-24)25-5-3-6-26(19-25)35-13-1-2-14-35/h3-12,19,28H,1-2,13-18,21-22H2. The summed E-state index contributed by atoms with van der Waals surface area (Å²) in [7, 11) is 0. The lowest BCUT2D eigenvalue weighted by Crippen LogP contribution is -2.49. The maximum absolute atomic E-state index is 13.0. The van der Waals surface area contributed by atoms with Gasteiger partial charge >= 0.3 is 0 Å². The van der Waals surface area contributed by atoms with E-state index < -0.39 is 0 Å². The minimum Gasteiger partial charge on any atom is -0.372 e. The van der Waals surface area contributed by atoms with Crippen molar-refractivity contribution in [3.63, 3.8) is 0 Å². The molecule has 3 heterocycles. The van der Waals surface area contributed by atoms with Crippen molar-refractivity contribution in [2.45, 2.75) is 25.6 Å². The lowest BCUT2D eigenvalue weighted by atomic mass is 10.1. The van der Waals surface area contributed by atoms with Crippen LogP contribution in [0.4, 0.5) is 5.69 Å². The van der Waals surface area contributed by atoms with Crippen molar-refractivity contribution in [2.24, 2.45) is 0 Å². The van der Waals surface area contributed by atoms with Gasteiger partial charge in [-0.15, -0.1) is 0 Å². The Bertz CT molecular complexity index is 1280. The Labute approximate surface area is 229 Å². The predicted molar refractivity (Wildman–Crippen MR) is 148 cm³/mol. The maximum atomic E-state index is 13.0. The maximum Gasteiger partial charge on any atom is 0.257 e. The van der Waals surface area contributed by atoms with E-state index in [4.69, 9.17) is 21.6 Å². The largest absolute Gasteiger partial charge is 0.372 e. The first-order chi connectivity index (χ1) is 18.6. The van der Waals surface area contributed by atoms with E-state index in [0.29, 0.717) is 30.8 Å². The Hall–Kier alpha value is -3.44. The van der Waals surface area contributed by atoms with E-state index in [1.54, 1.807) is 18.3 Å². The number of carbonyl (C=O) groups is 1. The van der Waals surface area contributed by atoms with Crippen LogP contribution < -0.4 is 4.90 Å². The summed E-state index contributed by atoms with van der Waals surface area (Å²) in [4.78, 5) is 23.7. The second-order valence-corrected chi connectivity index (χ2v) is 10.2. The van der Waals surface area contributed by atoms with Crippen molar-refractivity contribution in [1.82, 2.24) is 14.8 Å². The molecule has 38 heavy (non-hydrogen) atoms. The number of halogens is 1. The highest BCUT2D eigenvalue weighted by Gasteiger charge is 2.26. The normalized spacial score (nSPS) is 16.8. The first-order valence-electron chi connectivity index (χ1n) is 13.2. The van der Waals surface area contributed by atoms with E-state index in [2.05, 4.69) is 45.1 Å². The van der Waals surface area contributed by atoms with Crippen LogP contribution in [0.5, 0.6) is 0 Å². The summed E-state index contributed by atoms with van der Waals surface area (Å²) in [5.74, 6) is -0.0744. The third kappa shape index (κ3) is 6.33. The Morgan fingerprint density at radius 3 is 2.47 bits per heavy atom. The molecule has 3 aromatic rings. The third-order valence-corrected chi connectivity index (χ3v) is 7.62. The zero-order valence-corrected chi connectivity index (χ0v) is 22.2. The van der Waals surface area contributed by atoms with Crippen molar-refractivity contribution in [3.05, 3.63) is 94.3 Å². The van der Waals surface area contributed by atoms with E-state index >= 15 is 0 Å². The molecule has 5 rings (SSSR count). The molecule has 2 fully saturated rings. The lowest BCUT2D eigenvalue weighted by molar-refractivity contribution is 0.00344. The third-order valence-electron chi connectivity index (χ3n) is 7.32. The molecular weight excluding hydrogens is 498 g/mol. The molecule has 1 aromatic heterocycles. The molecule has 0 spiro atoms. The molecule has 7 nitrogen and oxygen atoms in total. The number of aromatic nitrogens is 1. The van der Waals surface area contributed by atoms with Crippen LogP contribution in [0, 0.1) is 11.3 Å². The van der Waals surface area contributed by atoms with E-state index in [9.17, 15) is 4.79 Å². The molecular formula is C30H32ClN5O2. The van der Waals surface area contributed by atoms with Crippen LogP contribution in [-0.4, -0.2) is 66.5 Å². The van der Waals surface area contributed by atoms with Crippen molar-refractivity contribution in [3.8, 4) is 6.07 Å². The Balaban J connectivity index is 1.27. The summed E-state index contributed by atoms with van der Waals surface area (Å²) < 4.78 is 6.52. The number of nitrogens with zero attached hydrogens (tertiary/aromatic N) is 5. The number of carbonyl (C=O) groups excluding carboxylic acids is 1. The minimum atomic E-state index is -0.122. The molecule has 1 atom stereocenters. The van der Waals surface area contributed by atoms with Gasteiger partial charge in [-0.25, -0.2) is 4.98 Å². The summed E-state index contributed by atoms with van der Waals surface area (Å²) in [6, 6.07) is 21.9. The molecule has 196 valence electrons. The van der Waals surface area contributed by atoms with Gasteiger partial charge in [-0.1, -0.05) is 35.9 Å². The topological polar surface area (TPSA) is 72.7 Å². The molecule has 0 bridgehead atoms. The number of nitriles is 1. The van der Waals surface area contributed by atoms with Gasteiger partial charge in [0.05, 0.1) is 29.9 Å². The molecule has 0 saturated carbocycles. The Morgan fingerprint density at radius 2 is 1.76 bits per heavy atom. The van der Waals surface area contributed by atoms with Crippen LogP contribution in [0.3, 0.4) is 0 Å². The fourth-order valence-corrected chi connectivity index (χ4v) is 5.31. The number of benzene rings is 2. The first kappa shape index (κ1) is 26.2. The van der Waals surface area contributed by atoms with Gasteiger partial charge in [-0.3, -0.25) is 9.69 Å². The molecule has 0 aliphatic carbocycles. The summed E-state index contributed by atoms with van der Waals surface area (Å²) in [6.45, 7) is 6.14. The van der Waals surface area contributed by atoms with Crippen LogP contribution in [0.25, 0.3) is 0 Å². The SMILES string of the molecule is N#Cc1ccc(COC(CN2CCN(C(=O)c3cccnc3Cl)CC2)c2cccc(N3CCCC3)c2)cc1. The first-order valence-corrected chi connectivity index (χ1v) is 13.6. The van der Waals surface area contributed by atoms with Crippen LogP contribution in [0.2, 0.25) is 5.15 Å². The highest BCUT2D eigenvalue weighted by Crippen LogP contribution is 2.28. The second kappa shape index (κ2) is 12.4. The van der Waals surface area contributed by atoms with Crippen LogP contribution in [0.15, 0.2) is 66.9 Å². The molecule has 2 saturated heterocycles. The Morgan fingerprint density at radius 1 is 1.00 bits per heavy atom. The van der Waals surface area contributed by atoms with E-state index in [0.717, 1.165) is 43.9 Å². The summed E-state index contributed by atoms with van der Waals surface area (Å²) in [5, 5.41) is 9.34. The van der Waals surface area contributed by atoms with Gasteiger partial charge in [-0.05, 0) is 60.4 Å². The number of pyridine rings is 1. The van der Waals surface area contributed by atoms with Gasteiger partial charge in [0.1, 0.15) is 5.15 Å². The number of ether oxygens (including phenoxy) is 1. The van der Waals surface area contributed by atoms with Crippen molar-refractivity contribution < 1.29 is 9.53 Å². The number of hydrogen-bond donors (Lipinski definition) is 0. The molecule has 2 aromatic carbocycles. The highest BCUT2D eigenvalue weighted by molar-refractivity contribution is 6.32. The lowest BCUT2D eigenvalue weighted by Gasteiger charge is -2.36. The van der Waals surface area contributed by atoms with Gasteiger partial charge in [0.2, 0.25) is 0 Å². The fraction of sp³-hybridized carbons (Fsp3) is 0.367. The number of hydrogen-bond acceptors (Lipinski definition) is 6. The quantitative estimate of drug-likeness (QED) is 0.386. The van der Waals surface area contributed by atoms with Gasteiger partial charge in [0.25, 0.3) is 5.91 Å². The molecule has 0 N–H and O–H groups in total. The van der Waals surface area contributed by atoms with Crippen molar-refractivity contribution in [1.29, 1.82) is 5.26 Å². The Kier molecular flexibility index (Phi) is 8.54. The summed E-state index contributed by atoms with van der Waals surface area (Å²) in [5.41, 5.74) is 4.53. The van der Waals surface area contributed by atoms with E-state index in [1.165, 1.54) is 18.5 Å². The second-order valence-electron chi connectivity index (χ2n) is 9.83. The van der Waals surface area contributed by atoms with Gasteiger partial charge in [0, 0.05) is 57.7 Å². The van der Waals surface area contributed by atoms with Gasteiger partial charge in [-0.2, -0.15) is 5.26 Å². The average Bonchev–Trinajstić information content (AvgIpc) is 3.51. The van der Waals surface area contributed by atoms with E-state index in [-0.39, 0.29) is 17.2 Å². The number of rotatable bonds is 8. The predicted octanol–water partition coefficient (Wildman–Crippen LogP) is 4.92. The van der Waals surface area contributed by atoms with Crippen molar-refractivity contribution in [2.75, 3.05) is 50.7 Å². The molecule has 2 aliphatic heterocycles. The van der Waals surface area contributed by atoms with Crippen molar-refractivity contribution >= 4 is 23.2 Å². The van der Waals surface area contributed by atoms with Crippen LogP contribution in [0.1, 0.15) is 46.0 Å². The van der Waals surface area contributed by atoms with E-state index in [1.807, 2.05) is 29.2 Å². The summed E-state index contributed by atoms with van der Waals surface area (Å²) >= 11 is 6.16. The molecule has 0 radical (unpaired) electrons. The molecule has 2 aliphatic rings. The molecule has 1 unspecified atom stereocenters. The average molecular weight is 530 g/mol. The fourth-order valence-electron chi connectivity index (χ4n) is 5.11. The molecule has 1 amide bonds. The number of anilines is 1. The molecule has 8 heteroatoms.